The zero-order chi connectivity index (χ0) is 33.1. The van der Waals surface area contributed by atoms with Crippen molar-refractivity contribution in [2.45, 2.75) is 90.2 Å². The van der Waals surface area contributed by atoms with E-state index in [1.807, 2.05) is 19.1 Å². The largest absolute Gasteiger partial charge is 0.486 e. The van der Waals surface area contributed by atoms with Crippen LogP contribution < -0.4 is 21.1 Å². The number of aliphatic hydroxyl groups excluding tert-OH is 1. The lowest BCUT2D eigenvalue weighted by Crippen LogP contribution is -2.50. The highest BCUT2D eigenvalue weighted by molar-refractivity contribution is 6.01. The number of anilines is 3. The predicted octanol–water partition coefficient (Wildman–Crippen LogP) is 5.53. The minimum Gasteiger partial charge on any atom is -0.486 e. The van der Waals surface area contributed by atoms with E-state index in [-0.39, 0.29) is 48.8 Å². The Morgan fingerprint density at radius 2 is 1.63 bits per heavy atom. The van der Waals surface area contributed by atoms with Gasteiger partial charge in [-0.05, 0) is 69.8 Å². The first-order valence-electron chi connectivity index (χ1n) is 17.0. The molecule has 1 fully saturated rings. The van der Waals surface area contributed by atoms with Crippen LogP contribution in [0.5, 0.6) is 5.75 Å². The topological polar surface area (TPSA) is 137 Å². The zero-order valence-electron chi connectivity index (χ0n) is 27.8. The van der Waals surface area contributed by atoms with Crippen molar-refractivity contribution in [2.24, 2.45) is 11.8 Å². The minimum absolute atomic E-state index is 0.000745. The van der Waals surface area contributed by atoms with Gasteiger partial charge >= 0.3 is 0 Å². The molecule has 0 unspecified atom stereocenters. The molecular formula is C36H53N5O5. The number of fused-ring (bicyclic) bond motifs is 1. The fraction of sp³-hybridized carbons (Fsp3) is 0.583. The second kappa shape index (κ2) is 17.3. The van der Waals surface area contributed by atoms with Crippen LogP contribution in [-0.4, -0.2) is 78.1 Å². The molecule has 0 saturated heterocycles. The number of nitrogens with two attached hydrogens (primary N) is 1. The van der Waals surface area contributed by atoms with Crippen LogP contribution in [0.1, 0.15) is 88.4 Å². The number of carbonyl (C=O) groups is 3. The van der Waals surface area contributed by atoms with Crippen molar-refractivity contribution in [1.29, 1.82) is 0 Å². The summed E-state index contributed by atoms with van der Waals surface area (Å²) >= 11 is 0. The predicted molar refractivity (Wildman–Crippen MR) is 183 cm³/mol. The van der Waals surface area contributed by atoms with Gasteiger partial charge in [-0.1, -0.05) is 50.8 Å². The summed E-state index contributed by atoms with van der Waals surface area (Å²) in [5.41, 5.74) is 7.89. The first-order valence-corrected chi connectivity index (χ1v) is 17.0. The minimum atomic E-state index is -0.355. The Morgan fingerprint density at radius 3 is 2.30 bits per heavy atom. The number of unbranched alkanes of at least 4 members (excludes halogenated alkanes) is 2. The Balaban J connectivity index is 1.39. The van der Waals surface area contributed by atoms with Gasteiger partial charge in [-0.25, -0.2) is 0 Å². The van der Waals surface area contributed by atoms with Gasteiger partial charge in [-0.3, -0.25) is 14.4 Å². The van der Waals surface area contributed by atoms with E-state index in [2.05, 4.69) is 29.5 Å². The lowest BCUT2D eigenvalue weighted by Gasteiger charge is -2.39. The standard InChI is InChI=1S/C36H53N5O5/c1-25-21-41(26(2)24-42)36(45)28-15-12-18-31(35(28)46-32(25)23-40(3)22-27-13-6-4-7-14-27)39-34(44)20-9-5-8-19-33(43)38-30-17-11-10-16-29(30)37/h10-12,15-18,25-27,32,42H,4-9,13-14,19-24,37H2,1-3H3,(H,38,43)(H,39,44)/t25-,26+,32+/m0/s1. The Hall–Kier alpha value is -3.63. The first-order chi connectivity index (χ1) is 22.2. The number of para-hydroxylation sites is 3. The molecule has 1 aliphatic heterocycles. The average Bonchev–Trinajstić information content (AvgIpc) is 3.04. The average molecular weight is 636 g/mol. The van der Waals surface area contributed by atoms with Crippen LogP contribution >= 0.6 is 0 Å². The Morgan fingerprint density at radius 1 is 0.978 bits per heavy atom. The molecule has 46 heavy (non-hydrogen) atoms. The van der Waals surface area contributed by atoms with E-state index in [1.54, 1.807) is 35.2 Å². The molecule has 4 rings (SSSR count). The van der Waals surface area contributed by atoms with Gasteiger partial charge in [0.1, 0.15) is 6.10 Å². The zero-order valence-corrected chi connectivity index (χ0v) is 27.8. The van der Waals surface area contributed by atoms with Crippen LogP contribution in [0.2, 0.25) is 0 Å². The SMILES string of the molecule is C[C@H](CO)N1C[C@H](C)[C@@H](CN(C)CC2CCCCC2)Oc2c(NC(=O)CCCCCC(=O)Nc3ccccc3N)cccc2C1=O. The lowest BCUT2D eigenvalue weighted by molar-refractivity contribution is -0.116. The molecular weight excluding hydrogens is 582 g/mol. The highest BCUT2D eigenvalue weighted by Gasteiger charge is 2.35. The van der Waals surface area contributed by atoms with Crippen LogP contribution in [0, 0.1) is 11.8 Å². The number of carbonyl (C=O) groups excluding carboxylic acids is 3. The fourth-order valence-corrected chi connectivity index (χ4v) is 6.54. The second-order valence-corrected chi connectivity index (χ2v) is 13.3. The Bertz CT molecular complexity index is 1310. The number of nitrogen functional groups attached to an aromatic ring is 1. The van der Waals surface area contributed by atoms with Crippen molar-refractivity contribution in [1.82, 2.24) is 9.80 Å². The quantitative estimate of drug-likeness (QED) is 0.158. The summed E-state index contributed by atoms with van der Waals surface area (Å²) in [7, 11) is 2.14. The molecule has 1 saturated carbocycles. The molecule has 1 aliphatic carbocycles. The molecule has 2 aromatic rings. The van der Waals surface area contributed by atoms with Crippen molar-refractivity contribution in [3.05, 3.63) is 48.0 Å². The van der Waals surface area contributed by atoms with E-state index in [0.717, 1.165) is 6.54 Å². The molecule has 0 spiro atoms. The molecule has 2 aromatic carbocycles. The summed E-state index contributed by atoms with van der Waals surface area (Å²) in [5.74, 6) is 0.574. The summed E-state index contributed by atoms with van der Waals surface area (Å²) in [6, 6.07) is 12.1. The van der Waals surface area contributed by atoms with Gasteiger partial charge in [-0.2, -0.15) is 0 Å². The molecule has 0 aromatic heterocycles. The molecule has 10 nitrogen and oxygen atoms in total. The van der Waals surface area contributed by atoms with Gasteiger partial charge in [0.2, 0.25) is 11.8 Å². The van der Waals surface area contributed by atoms with E-state index in [1.165, 1.54) is 32.1 Å². The number of ether oxygens (including phenoxy) is 1. The number of nitrogens with one attached hydrogen (secondary N) is 2. The van der Waals surface area contributed by atoms with Crippen molar-refractivity contribution in [2.75, 3.05) is 49.7 Å². The highest BCUT2D eigenvalue weighted by atomic mass is 16.5. The molecule has 252 valence electrons. The van der Waals surface area contributed by atoms with E-state index in [0.29, 0.717) is 73.1 Å². The third kappa shape index (κ3) is 9.93. The third-order valence-electron chi connectivity index (χ3n) is 9.29. The van der Waals surface area contributed by atoms with E-state index < -0.39 is 0 Å². The van der Waals surface area contributed by atoms with Gasteiger partial charge in [0.25, 0.3) is 5.91 Å². The van der Waals surface area contributed by atoms with E-state index >= 15 is 0 Å². The molecule has 5 N–H and O–H groups in total. The smallest absolute Gasteiger partial charge is 0.258 e. The Labute approximate surface area is 274 Å². The summed E-state index contributed by atoms with van der Waals surface area (Å²) < 4.78 is 6.68. The maximum absolute atomic E-state index is 13.8. The van der Waals surface area contributed by atoms with Gasteiger partial charge in [0, 0.05) is 38.4 Å². The fourth-order valence-electron chi connectivity index (χ4n) is 6.54. The number of hydrogen-bond acceptors (Lipinski definition) is 7. The number of rotatable bonds is 14. The van der Waals surface area contributed by atoms with Crippen molar-refractivity contribution < 1.29 is 24.2 Å². The number of nitrogens with zero attached hydrogens (tertiary/aromatic N) is 2. The highest BCUT2D eigenvalue weighted by Crippen LogP contribution is 2.35. The Kier molecular flexibility index (Phi) is 13.3. The molecule has 10 heteroatoms. The number of aliphatic hydroxyl groups is 1. The molecule has 3 amide bonds. The first kappa shape index (κ1) is 35.2. The normalized spacial score (nSPS) is 19.5. The van der Waals surface area contributed by atoms with E-state index in [9.17, 15) is 19.5 Å². The number of amides is 3. The summed E-state index contributed by atoms with van der Waals surface area (Å²) in [5, 5.41) is 15.8. The summed E-state index contributed by atoms with van der Waals surface area (Å²) in [6.07, 6.45) is 8.82. The van der Waals surface area contributed by atoms with Gasteiger partial charge in [-0.15, -0.1) is 0 Å². The van der Waals surface area contributed by atoms with Crippen molar-refractivity contribution in [3.8, 4) is 5.75 Å². The van der Waals surface area contributed by atoms with Gasteiger partial charge in [0.15, 0.2) is 5.75 Å². The van der Waals surface area contributed by atoms with Crippen molar-refractivity contribution in [3.63, 3.8) is 0 Å². The monoisotopic (exact) mass is 635 g/mol. The number of likely N-dealkylation sites (N-methyl/N-ethyl adjacent to an activating group) is 1. The van der Waals surface area contributed by atoms with Crippen LogP contribution in [0.3, 0.4) is 0 Å². The second-order valence-electron chi connectivity index (χ2n) is 13.3. The molecule has 2 aliphatic rings. The van der Waals surface area contributed by atoms with Gasteiger partial charge in [0.05, 0.1) is 35.3 Å². The number of hydrogen-bond donors (Lipinski definition) is 4. The molecule has 0 radical (unpaired) electrons. The summed E-state index contributed by atoms with van der Waals surface area (Å²) in [6.45, 7) is 5.97. The van der Waals surface area contributed by atoms with Gasteiger partial charge < -0.3 is 36.0 Å². The van der Waals surface area contributed by atoms with Crippen LogP contribution in [0.15, 0.2) is 42.5 Å². The summed E-state index contributed by atoms with van der Waals surface area (Å²) in [4.78, 5) is 43.2. The molecule has 3 atom stereocenters. The van der Waals surface area contributed by atoms with Crippen molar-refractivity contribution >= 4 is 34.8 Å². The van der Waals surface area contributed by atoms with Crippen LogP contribution in [0.4, 0.5) is 17.1 Å². The molecule has 1 heterocycles. The maximum Gasteiger partial charge on any atom is 0.258 e. The van der Waals surface area contributed by atoms with Crippen LogP contribution in [0.25, 0.3) is 0 Å². The maximum atomic E-state index is 13.8. The van der Waals surface area contributed by atoms with E-state index in [4.69, 9.17) is 10.5 Å². The lowest BCUT2D eigenvalue weighted by atomic mass is 9.89. The molecule has 0 bridgehead atoms. The van der Waals surface area contributed by atoms with Crippen LogP contribution in [-0.2, 0) is 9.59 Å². The number of benzene rings is 2. The third-order valence-corrected chi connectivity index (χ3v) is 9.29.